The molecule has 4 nitrogen and oxygen atoms in total. The lowest BCUT2D eigenvalue weighted by Gasteiger charge is -2.02. The molecule has 0 bridgehead atoms. The topological polar surface area (TPSA) is 43.6 Å². The molecule has 1 aromatic heterocycles. The van der Waals surface area contributed by atoms with Crippen molar-refractivity contribution in [2.45, 2.75) is 58.9 Å². The minimum Gasteiger partial charge on any atom is -0.230 e. The van der Waals surface area contributed by atoms with E-state index in [-0.39, 0.29) is 0 Å². The van der Waals surface area contributed by atoms with E-state index >= 15 is 0 Å². The molecule has 0 N–H and O–H groups in total. The quantitative estimate of drug-likeness (QED) is 0.628. The average Bonchev–Trinajstić information content (AvgIpc) is 2.63. The number of hydrogen-bond acceptors (Lipinski definition) is 3. The molecule has 1 rings (SSSR count). The van der Waals surface area contributed by atoms with Crippen molar-refractivity contribution < 1.29 is 0 Å². The van der Waals surface area contributed by atoms with Crippen LogP contribution < -0.4 is 0 Å². The summed E-state index contributed by atoms with van der Waals surface area (Å²) in [7, 11) is 0. The first-order valence-corrected chi connectivity index (χ1v) is 5.63. The van der Waals surface area contributed by atoms with Crippen molar-refractivity contribution in [3.63, 3.8) is 0 Å². The first-order chi connectivity index (χ1) is 6.88. The van der Waals surface area contributed by atoms with Crippen LogP contribution in [0.5, 0.6) is 0 Å². The van der Waals surface area contributed by atoms with Crippen molar-refractivity contribution >= 4 is 0 Å². The summed E-state index contributed by atoms with van der Waals surface area (Å²) in [6.07, 6.45) is 7.06. The number of nitrogens with zero attached hydrogens (tertiary/aromatic N) is 4. The molecule has 0 spiro atoms. The lowest BCUT2D eigenvalue weighted by molar-refractivity contribution is 0.515. The van der Waals surface area contributed by atoms with E-state index in [1.54, 1.807) is 0 Å². The van der Waals surface area contributed by atoms with Crippen LogP contribution >= 0.6 is 0 Å². The maximum atomic E-state index is 4.03. The molecular weight excluding hydrogens is 176 g/mol. The lowest BCUT2D eigenvalue weighted by Crippen LogP contribution is -2.06. The normalized spacial score (nSPS) is 10.7. The predicted octanol–water partition coefficient (Wildman–Crippen LogP) is 2.21. The van der Waals surface area contributed by atoms with Crippen LogP contribution in [0.3, 0.4) is 0 Å². The Morgan fingerprint density at radius 1 is 1.07 bits per heavy atom. The van der Waals surface area contributed by atoms with Crippen molar-refractivity contribution in [1.29, 1.82) is 0 Å². The molecule has 0 saturated carbocycles. The Kier molecular flexibility index (Phi) is 5.19. The maximum absolute atomic E-state index is 4.03. The monoisotopic (exact) mass is 196 g/mol. The first-order valence-electron chi connectivity index (χ1n) is 5.63. The van der Waals surface area contributed by atoms with Gasteiger partial charge in [-0.3, -0.25) is 0 Å². The second kappa shape index (κ2) is 6.51. The highest BCUT2D eigenvalue weighted by Crippen LogP contribution is 2.03. The van der Waals surface area contributed by atoms with E-state index in [4.69, 9.17) is 0 Å². The summed E-state index contributed by atoms with van der Waals surface area (Å²) in [6.45, 7) is 5.36. The SMILES string of the molecule is CCCCCn1nnnc1CCCC. The first kappa shape index (κ1) is 11.1. The van der Waals surface area contributed by atoms with Crippen LogP contribution in [0, 0.1) is 0 Å². The van der Waals surface area contributed by atoms with Crippen LogP contribution in [-0.2, 0) is 13.0 Å². The van der Waals surface area contributed by atoms with Gasteiger partial charge in [-0.1, -0.05) is 33.1 Å². The zero-order valence-electron chi connectivity index (χ0n) is 9.24. The van der Waals surface area contributed by atoms with Crippen molar-refractivity contribution in [3.05, 3.63) is 5.82 Å². The van der Waals surface area contributed by atoms with Gasteiger partial charge in [0.1, 0.15) is 0 Å². The molecule has 0 aliphatic carbocycles. The summed E-state index contributed by atoms with van der Waals surface area (Å²) in [4.78, 5) is 0. The molecule has 0 atom stereocenters. The molecule has 14 heavy (non-hydrogen) atoms. The van der Waals surface area contributed by atoms with Gasteiger partial charge >= 0.3 is 0 Å². The minimum absolute atomic E-state index is 0.972. The fraction of sp³-hybridized carbons (Fsp3) is 0.900. The number of tetrazole rings is 1. The van der Waals surface area contributed by atoms with Gasteiger partial charge in [0.2, 0.25) is 0 Å². The van der Waals surface area contributed by atoms with Gasteiger partial charge in [-0.25, -0.2) is 4.68 Å². The summed E-state index contributed by atoms with van der Waals surface area (Å²) in [5, 5.41) is 11.7. The summed E-state index contributed by atoms with van der Waals surface area (Å²) in [5.74, 6) is 1.04. The third-order valence-corrected chi connectivity index (χ3v) is 2.33. The fourth-order valence-electron chi connectivity index (χ4n) is 1.42. The van der Waals surface area contributed by atoms with E-state index in [0.717, 1.165) is 18.8 Å². The van der Waals surface area contributed by atoms with Gasteiger partial charge in [-0.2, -0.15) is 0 Å². The molecule has 0 aliphatic heterocycles. The summed E-state index contributed by atoms with van der Waals surface area (Å²) < 4.78 is 1.95. The van der Waals surface area contributed by atoms with Crippen LogP contribution in [0.1, 0.15) is 51.8 Å². The maximum Gasteiger partial charge on any atom is 0.151 e. The Morgan fingerprint density at radius 3 is 2.57 bits per heavy atom. The van der Waals surface area contributed by atoms with Crippen molar-refractivity contribution in [3.8, 4) is 0 Å². The van der Waals surface area contributed by atoms with Gasteiger partial charge in [0.25, 0.3) is 0 Å². The van der Waals surface area contributed by atoms with E-state index in [0.29, 0.717) is 0 Å². The Labute approximate surface area is 85.7 Å². The van der Waals surface area contributed by atoms with Crippen LogP contribution in [-0.4, -0.2) is 20.2 Å². The number of unbranched alkanes of at least 4 members (excludes halogenated alkanes) is 3. The molecule has 1 aromatic rings. The Hall–Kier alpha value is -0.930. The van der Waals surface area contributed by atoms with Gasteiger partial charge in [-0.05, 0) is 23.3 Å². The van der Waals surface area contributed by atoms with Crippen LogP contribution in [0.4, 0.5) is 0 Å². The number of aromatic nitrogens is 4. The Morgan fingerprint density at radius 2 is 1.86 bits per heavy atom. The number of aryl methyl sites for hydroxylation is 2. The van der Waals surface area contributed by atoms with Gasteiger partial charge in [0.05, 0.1) is 0 Å². The summed E-state index contributed by atoms with van der Waals surface area (Å²) in [5.41, 5.74) is 0. The molecule has 4 heteroatoms. The Bertz CT molecular complexity index is 244. The molecule has 0 aliphatic rings. The van der Waals surface area contributed by atoms with Crippen LogP contribution in [0.2, 0.25) is 0 Å². The van der Waals surface area contributed by atoms with Crippen LogP contribution in [0.15, 0.2) is 0 Å². The predicted molar refractivity (Wildman–Crippen MR) is 56.0 cm³/mol. The molecule has 80 valence electrons. The van der Waals surface area contributed by atoms with Crippen molar-refractivity contribution in [1.82, 2.24) is 20.2 Å². The zero-order valence-corrected chi connectivity index (χ0v) is 9.24. The summed E-state index contributed by atoms with van der Waals surface area (Å²) >= 11 is 0. The Balaban J connectivity index is 2.37. The molecule has 0 amide bonds. The van der Waals surface area contributed by atoms with Gasteiger partial charge in [0, 0.05) is 13.0 Å². The zero-order chi connectivity index (χ0) is 10.2. The second-order valence-electron chi connectivity index (χ2n) is 3.63. The largest absolute Gasteiger partial charge is 0.230 e. The summed E-state index contributed by atoms with van der Waals surface area (Å²) in [6, 6.07) is 0. The van der Waals surface area contributed by atoms with E-state index < -0.39 is 0 Å². The van der Waals surface area contributed by atoms with E-state index in [2.05, 4.69) is 29.4 Å². The average molecular weight is 196 g/mol. The highest BCUT2D eigenvalue weighted by molar-refractivity contribution is 4.80. The van der Waals surface area contributed by atoms with E-state index in [1.165, 1.54) is 32.1 Å². The van der Waals surface area contributed by atoms with Gasteiger partial charge in [0.15, 0.2) is 5.82 Å². The van der Waals surface area contributed by atoms with Gasteiger partial charge < -0.3 is 0 Å². The molecule has 0 unspecified atom stereocenters. The minimum atomic E-state index is 0.972. The fourth-order valence-corrected chi connectivity index (χ4v) is 1.42. The highest BCUT2D eigenvalue weighted by atomic mass is 15.5. The number of rotatable bonds is 7. The number of hydrogen-bond donors (Lipinski definition) is 0. The van der Waals surface area contributed by atoms with Crippen molar-refractivity contribution in [2.24, 2.45) is 0 Å². The molecule has 0 aromatic carbocycles. The molecule has 0 fully saturated rings. The molecule has 0 radical (unpaired) electrons. The third kappa shape index (κ3) is 3.44. The second-order valence-corrected chi connectivity index (χ2v) is 3.63. The highest BCUT2D eigenvalue weighted by Gasteiger charge is 2.03. The standard InChI is InChI=1S/C10H20N4/c1-3-5-7-9-14-10(8-6-4-2)11-12-13-14/h3-9H2,1-2H3. The third-order valence-electron chi connectivity index (χ3n) is 2.33. The smallest absolute Gasteiger partial charge is 0.151 e. The van der Waals surface area contributed by atoms with Crippen LogP contribution in [0.25, 0.3) is 0 Å². The van der Waals surface area contributed by atoms with E-state index in [1.807, 2.05) is 4.68 Å². The van der Waals surface area contributed by atoms with Crippen molar-refractivity contribution in [2.75, 3.05) is 0 Å². The molecular formula is C10H20N4. The lowest BCUT2D eigenvalue weighted by atomic mass is 10.2. The molecule has 0 saturated heterocycles. The van der Waals surface area contributed by atoms with Gasteiger partial charge in [-0.15, -0.1) is 5.10 Å². The molecule has 1 heterocycles. The van der Waals surface area contributed by atoms with E-state index in [9.17, 15) is 0 Å².